The van der Waals surface area contributed by atoms with Gasteiger partial charge in [0.05, 0.1) is 19.8 Å². The van der Waals surface area contributed by atoms with Gasteiger partial charge in [-0.1, -0.05) is 11.6 Å². The first kappa shape index (κ1) is 15.2. The van der Waals surface area contributed by atoms with E-state index in [0.717, 1.165) is 12.1 Å². The number of methoxy groups -OCH3 is 1. The molecule has 0 fully saturated rings. The van der Waals surface area contributed by atoms with Gasteiger partial charge in [-0.2, -0.15) is 0 Å². The lowest BCUT2D eigenvalue weighted by Gasteiger charge is -2.08. The Morgan fingerprint density at radius 2 is 2.06 bits per heavy atom. The van der Waals surface area contributed by atoms with E-state index in [1.165, 1.54) is 0 Å². The zero-order valence-electron chi connectivity index (χ0n) is 10.7. The summed E-state index contributed by atoms with van der Waals surface area (Å²) in [5.74, 6) is 0.437. The second kappa shape index (κ2) is 9.10. The van der Waals surface area contributed by atoms with Gasteiger partial charge in [0.15, 0.2) is 0 Å². The van der Waals surface area contributed by atoms with Crippen molar-refractivity contribution in [3.8, 4) is 5.88 Å². The average molecular weight is 275 g/mol. The number of nitrogens with one attached hydrogen (secondary N) is 1. The van der Waals surface area contributed by atoms with Crippen molar-refractivity contribution in [2.45, 2.75) is 6.54 Å². The van der Waals surface area contributed by atoms with E-state index in [-0.39, 0.29) is 0 Å². The van der Waals surface area contributed by atoms with E-state index in [1.54, 1.807) is 13.3 Å². The summed E-state index contributed by atoms with van der Waals surface area (Å²) in [6, 6.07) is 1.84. The summed E-state index contributed by atoms with van der Waals surface area (Å²) < 4.78 is 15.5. The highest BCUT2D eigenvalue weighted by molar-refractivity contribution is 6.31. The van der Waals surface area contributed by atoms with E-state index in [1.807, 2.05) is 13.1 Å². The SMILES string of the molecule is CNCc1cnc(OCCOCCOC)c(Cl)c1. The number of halogens is 1. The van der Waals surface area contributed by atoms with E-state index in [0.29, 0.717) is 37.3 Å². The highest BCUT2D eigenvalue weighted by atomic mass is 35.5. The lowest BCUT2D eigenvalue weighted by atomic mass is 10.3. The first-order valence-electron chi connectivity index (χ1n) is 5.76. The summed E-state index contributed by atoms with van der Waals surface area (Å²) in [5.41, 5.74) is 1.02. The van der Waals surface area contributed by atoms with Gasteiger partial charge in [0.25, 0.3) is 0 Å². The van der Waals surface area contributed by atoms with Crippen molar-refractivity contribution in [2.75, 3.05) is 40.6 Å². The quantitative estimate of drug-likeness (QED) is 0.692. The van der Waals surface area contributed by atoms with Crippen LogP contribution in [0.3, 0.4) is 0 Å². The minimum Gasteiger partial charge on any atom is -0.474 e. The molecule has 0 saturated heterocycles. The molecular weight excluding hydrogens is 256 g/mol. The Balaban J connectivity index is 2.29. The molecule has 0 atom stereocenters. The lowest BCUT2D eigenvalue weighted by Crippen LogP contribution is -2.11. The molecule has 0 aliphatic heterocycles. The number of nitrogens with zero attached hydrogens (tertiary/aromatic N) is 1. The number of pyridine rings is 1. The highest BCUT2D eigenvalue weighted by Gasteiger charge is 2.04. The maximum Gasteiger partial charge on any atom is 0.232 e. The van der Waals surface area contributed by atoms with Gasteiger partial charge in [-0.25, -0.2) is 4.98 Å². The third-order valence-corrected chi connectivity index (χ3v) is 2.41. The van der Waals surface area contributed by atoms with Crippen LogP contribution in [0.4, 0.5) is 0 Å². The van der Waals surface area contributed by atoms with E-state index in [9.17, 15) is 0 Å². The van der Waals surface area contributed by atoms with Crippen LogP contribution in [0.15, 0.2) is 12.3 Å². The Labute approximate surface area is 112 Å². The standard InChI is InChI=1S/C12H19ClN2O3/c1-14-8-10-7-11(13)12(15-9-10)18-6-5-17-4-3-16-2/h7,9,14H,3-6,8H2,1-2H3. The molecule has 18 heavy (non-hydrogen) atoms. The molecule has 0 aliphatic carbocycles. The topological polar surface area (TPSA) is 52.6 Å². The van der Waals surface area contributed by atoms with Crippen LogP contribution in [0.5, 0.6) is 5.88 Å². The second-order valence-corrected chi connectivity index (χ2v) is 4.02. The third-order valence-electron chi connectivity index (χ3n) is 2.14. The zero-order valence-corrected chi connectivity index (χ0v) is 11.5. The van der Waals surface area contributed by atoms with Gasteiger partial charge in [0, 0.05) is 19.9 Å². The molecule has 0 unspecified atom stereocenters. The van der Waals surface area contributed by atoms with Crippen LogP contribution in [0.2, 0.25) is 5.02 Å². The van der Waals surface area contributed by atoms with Gasteiger partial charge in [0.1, 0.15) is 11.6 Å². The second-order valence-electron chi connectivity index (χ2n) is 3.61. The molecule has 102 valence electrons. The van der Waals surface area contributed by atoms with Crippen molar-refractivity contribution in [1.82, 2.24) is 10.3 Å². The first-order valence-corrected chi connectivity index (χ1v) is 6.14. The van der Waals surface area contributed by atoms with Crippen molar-refractivity contribution >= 4 is 11.6 Å². The zero-order chi connectivity index (χ0) is 13.2. The molecule has 0 aliphatic rings. The first-order chi connectivity index (χ1) is 8.77. The van der Waals surface area contributed by atoms with Crippen molar-refractivity contribution in [2.24, 2.45) is 0 Å². The molecule has 1 aromatic heterocycles. The number of aromatic nitrogens is 1. The van der Waals surface area contributed by atoms with Gasteiger partial charge >= 0.3 is 0 Å². The monoisotopic (exact) mass is 274 g/mol. The highest BCUT2D eigenvalue weighted by Crippen LogP contribution is 2.22. The average Bonchev–Trinajstić information content (AvgIpc) is 2.36. The molecule has 0 bridgehead atoms. The van der Waals surface area contributed by atoms with Crippen LogP contribution in [0.1, 0.15) is 5.56 Å². The molecule has 0 amide bonds. The molecule has 1 rings (SSSR count). The Morgan fingerprint density at radius 3 is 2.72 bits per heavy atom. The Hall–Kier alpha value is -0.880. The molecule has 1 heterocycles. The molecule has 0 radical (unpaired) electrons. The van der Waals surface area contributed by atoms with E-state index in [4.69, 9.17) is 25.8 Å². The van der Waals surface area contributed by atoms with Gasteiger partial charge in [-0.3, -0.25) is 0 Å². The van der Waals surface area contributed by atoms with Gasteiger partial charge in [-0.05, 0) is 18.7 Å². The minimum absolute atomic E-state index is 0.418. The van der Waals surface area contributed by atoms with E-state index in [2.05, 4.69) is 10.3 Å². The Kier molecular flexibility index (Phi) is 7.68. The van der Waals surface area contributed by atoms with Crippen LogP contribution in [-0.4, -0.2) is 45.6 Å². The van der Waals surface area contributed by atoms with Crippen molar-refractivity contribution < 1.29 is 14.2 Å². The van der Waals surface area contributed by atoms with Crippen LogP contribution < -0.4 is 10.1 Å². The predicted molar refractivity (Wildman–Crippen MR) is 70.2 cm³/mol. The number of hydrogen-bond acceptors (Lipinski definition) is 5. The van der Waals surface area contributed by atoms with Crippen LogP contribution in [0.25, 0.3) is 0 Å². The van der Waals surface area contributed by atoms with Gasteiger partial charge in [-0.15, -0.1) is 0 Å². The number of rotatable bonds is 9. The summed E-state index contributed by atoms with van der Waals surface area (Å²) in [4.78, 5) is 4.16. The molecule has 0 saturated carbocycles. The van der Waals surface area contributed by atoms with Crippen LogP contribution in [0, 0.1) is 0 Å². The van der Waals surface area contributed by atoms with E-state index < -0.39 is 0 Å². The lowest BCUT2D eigenvalue weighted by molar-refractivity contribution is 0.0537. The fourth-order valence-electron chi connectivity index (χ4n) is 1.31. The maximum atomic E-state index is 6.05. The number of ether oxygens (including phenoxy) is 3. The third kappa shape index (κ3) is 5.64. The summed E-state index contributed by atoms with van der Waals surface area (Å²) in [5, 5.41) is 3.54. The number of hydrogen-bond donors (Lipinski definition) is 1. The van der Waals surface area contributed by atoms with Crippen molar-refractivity contribution in [3.05, 3.63) is 22.8 Å². The summed E-state index contributed by atoms with van der Waals surface area (Å²) in [6.07, 6.45) is 1.74. The van der Waals surface area contributed by atoms with Gasteiger partial charge in [0.2, 0.25) is 5.88 Å². The Morgan fingerprint density at radius 1 is 1.28 bits per heavy atom. The molecule has 0 aromatic carbocycles. The predicted octanol–water partition coefficient (Wildman–Crippen LogP) is 1.50. The van der Waals surface area contributed by atoms with Crippen LogP contribution in [-0.2, 0) is 16.0 Å². The minimum atomic E-state index is 0.418. The van der Waals surface area contributed by atoms with Crippen molar-refractivity contribution in [3.63, 3.8) is 0 Å². The van der Waals surface area contributed by atoms with Gasteiger partial charge < -0.3 is 19.5 Å². The molecular formula is C12H19ClN2O3. The van der Waals surface area contributed by atoms with Crippen LogP contribution >= 0.6 is 11.6 Å². The summed E-state index contributed by atoms with van der Waals surface area (Å²) in [6.45, 7) is 2.77. The van der Waals surface area contributed by atoms with E-state index >= 15 is 0 Å². The molecule has 0 spiro atoms. The van der Waals surface area contributed by atoms with Crippen molar-refractivity contribution in [1.29, 1.82) is 0 Å². The molecule has 1 aromatic rings. The smallest absolute Gasteiger partial charge is 0.232 e. The largest absolute Gasteiger partial charge is 0.474 e. The molecule has 5 nitrogen and oxygen atoms in total. The molecule has 6 heteroatoms. The molecule has 1 N–H and O–H groups in total. The fraction of sp³-hybridized carbons (Fsp3) is 0.583. The summed E-state index contributed by atoms with van der Waals surface area (Å²) >= 11 is 6.05. The normalized spacial score (nSPS) is 10.6. The fourth-order valence-corrected chi connectivity index (χ4v) is 1.56. The summed E-state index contributed by atoms with van der Waals surface area (Å²) in [7, 11) is 3.51. The maximum absolute atomic E-state index is 6.05. The Bertz CT molecular complexity index is 350.